The lowest BCUT2D eigenvalue weighted by molar-refractivity contribution is -0.189. The molecule has 0 heterocycles. The van der Waals surface area contributed by atoms with Gasteiger partial charge in [0, 0.05) is 16.5 Å². The fourth-order valence-corrected chi connectivity index (χ4v) is 3.76. The summed E-state index contributed by atoms with van der Waals surface area (Å²) in [6.07, 6.45) is -2.79. The van der Waals surface area contributed by atoms with Gasteiger partial charge in [-0.15, -0.1) is 0 Å². The van der Waals surface area contributed by atoms with Crippen LogP contribution in [-0.2, 0) is 6.11 Å². The second kappa shape index (κ2) is 9.66. The standard InChI is InChI=1S/C27H13F6IO/c1-2-15-3-5-16(6-4-15)7-8-17-11-21(28)24(22(29)12-17)27(32,33)35-19-9-10-20-18(13-19)14-23(30)26(34)25(20)31/h2-6,9-14H,1H2. The Morgan fingerprint density at radius 1 is 0.800 bits per heavy atom. The lowest BCUT2D eigenvalue weighted by Gasteiger charge is -2.20. The summed E-state index contributed by atoms with van der Waals surface area (Å²) in [7, 11) is 0. The van der Waals surface area contributed by atoms with Crippen LogP contribution in [0.5, 0.6) is 5.75 Å². The van der Waals surface area contributed by atoms with E-state index in [0.29, 0.717) is 17.7 Å². The molecule has 0 aliphatic heterocycles. The first kappa shape index (κ1) is 24.7. The van der Waals surface area contributed by atoms with Crippen LogP contribution in [0, 0.1) is 38.7 Å². The Labute approximate surface area is 210 Å². The summed E-state index contributed by atoms with van der Waals surface area (Å²) in [6.45, 7) is 3.63. The molecule has 1 nitrogen and oxygen atoms in total. The molecule has 176 valence electrons. The lowest BCUT2D eigenvalue weighted by atomic mass is 10.1. The van der Waals surface area contributed by atoms with E-state index in [4.69, 9.17) is 0 Å². The van der Waals surface area contributed by atoms with E-state index < -0.39 is 40.7 Å². The highest BCUT2D eigenvalue weighted by atomic mass is 127. The molecule has 0 spiro atoms. The minimum absolute atomic E-state index is 0.0223. The molecule has 0 bridgehead atoms. The van der Waals surface area contributed by atoms with Gasteiger partial charge in [-0.3, -0.25) is 0 Å². The van der Waals surface area contributed by atoms with Crippen LogP contribution in [0.4, 0.5) is 26.3 Å². The van der Waals surface area contributed by atoms with Crippen molar-refractivity contribution in [2.24, 2.45) is 0 Å². The zero-order chi connectivity index (χ0) is 25.3. The third-order valence-electron chi connectivity index (χ3n) is 5.02. The number of alkyl halides is 2. The van der Waals surface area contributed by atoms with Crippen LogP contribution in [0.3, 0.4) is 0 Å². The number of rotatable bonds is 4. The molecule has 0 aliphatic rings. The van der Waals surface area contributed by atoms with Crippen molar-refractivity contribution in [3.63, 3.8) is 0 Å². The van der Waals surface area contributed by atoms with Crippen molar-refractivity contribution in [2.45, 2.75) is 6.11 Å². The molecule has 4 aromatic carbocycles. The van der Waals surface area contributed by atoms with E-state index in [2.05, 4.69) is 23.2 Å². The Hall–Kier alpha value is -3.45. The molecule has 0 aromatic heterocycles. The Kier molecular flexibility index (Phi) is 6.81. The summed E-state index contributed by atoms with van der Waals surface area (Å²) in [5, 5.41) is -0.0766. The largest absolute Gasteiger partial charge is 0.432 e. The van der Waals surface area contributed by atoms with Crippen molar-refractivity contribution < 1.29 is 31.1 Å². The normalized spacial score (nSPS) is 11.2. The zero-order valence-electron chi connectivity index (χ0n) is 17.6. The molecule has 8 heteroatoms. The highest BCUT2D eigenvalue weighted by Gasteiger charge is 2.41. The van der Waals surface area contributed by atoms with Crippen LogP contribution >= 0.6 is 22.6 Å². The summed E-state index contributed by atoms with van der Waals surface area (Å²) in [5.41, 5.74) is -0.360. The van der Waals surface area contributed by atoms with Crippen LogP contribution < -0.4 is 4.74 Å². The maximum Gasteiger partial charge on any atom is 0.432 e. The monoisotopic (exact) mass is 594 g/mol. The Morgan fingerprint density at radius 3 is 2.06 bits per heavy atom. The Bertz CT molecular complexity index is 1490. The minimum Gasteiger partial charge on any atom is -0.429 e. The molecule has 4 rings (SSSR count). The summed E-state index contributed by atoms with van der Waals surface area (Å²) in [5.74, 6) is -0.171. The van der Waals surface area contributed by atoms with Crippen molar-refractivity contribution in [3.05, 3.63) is 116 Å². The minimum atomic E-state index is -4.42. The second-order valence-corrected chi connectivity index (χ2v) is 8.46. The van der Waals surface area contributed by atoms with Crippen LogP contribution in [0.15, 0.2) is 67.2 Å². The van der Waals surface area contributed by atoms with Crippen LogP contribution in [-0.4, -0.2) is 0 Å². The van der Waals surface area contributed by atoms with Gasteiger partial charge in [0.05, 0.1) is 3.57 Å². The quantitative estimate of drug-likeness (QED) is 0.100. The maximum absolute atomic E-state index is 14.7. The van der Waals surface area contributed by atoms with Crippen LogP contribution in [0.25, 0.3) is 16.8 Å². The molecule has 0 aliphatic carbocycles. The number of halogens is 7. The number of hydrogen-bond acceptors (Lipinski definition) is 1. The predicted molar refractivity (Wildman–Crippen MR) is 130 cm³/mol. The topological polar surface area (TPSA) is 9.23 Å². The zero-order valence-corrected chi connectivity index (χ0v) is 19.8. The highest BCUT2D eigenvalue weighted by Crippen LogP contribution is 2.37. The molecule has 0 amide bonds. The fraction of sp³-hybridized carbons (Fsp3) is 0.0370. The van der Waals surface area contributed by atoms with Gasteiger partial charge in [-0.25, -0.2) is 17.6 Å². The number of fused-ring (bicyclic) bond motifs is 1. The number of ether oxygens (including phenoxy) is 1. The number of hydrogen-bond donors (Lipinski definition) is 0. The number of benzene rings is 4. The van der Waals surface area contributed by atoms with E-state index in [-0.39, 0.29) is 19.9 Å². The van der Waals surface area contributed by atoms with Gasteiger partial charge in [-0.05, 0) is 82.1 Å². The van der Waals surface area contributed by atoms with Gasteiger partial charge in [0.25, 0.3) is 0 Å². The van der Waals surface area contributed by atoms with Crippen molar-refractivity contribution >= 4 is 39.4 Å². The molecule has 35 heavy (non-hydrogen) atoms. The van der Waals surface area contributed by atoms with Gasteiger partial charge in [-0.1, -0.05) is 36.6 Å². The van der Waals surface area contributed by atoms with Crippen molar-refractivity contribution in [3.8, 4) is 17.6 Å². The van der Waals surface area contributed by atoms with E-state index >= 15 is 0 Å². The SMILES string of the molecule is C=Cc1ccc(C#Cc2cc(F)c(C(F)(F)Oc3ccc4c(F)c(I)c(F)cc4c3)c(F)c2)cc1. The summed E-state index contributed by atoms with van der Waals surface area (Å²) in [6, 6.07) is 12.2. The molecule has 0 radical (unpaired) electrons. The third kappa shape index (κ3) is 5.15. The van der Waals surface area contributed by atoms with Crippen molar-refractivity contribution in [1.29, 1.82) is 0 Å². The van der Waals surface area contributed by atoms with Crippen molar-refractivity contribution in [2.75, 3.05) is 0 Å². The van der Waals surface area contributed by atoms with E-state index in [9.17, 15) is 26.3 Å². The average Bonchev–Trinajstić information content (AvgIpc) is 2.80. The smallest absolute Gasteiger partial charge is 0.429 e. The molecule has 0 N–H and O–H groups in total. The summed E-state index contributed by atoms with van der Waals surface area (Å²) in [4.78, 5) is 0. The summed E-state index contributed by atoms with van der Waals surface area (Å²) < 4.78 is 90.9. The molecule has 0 unspecified atom stereocenters. The lowest BCUT2D eigenvalue weighted by Crippen LogP contribution is -2.25. The summed E-state index contributed by atoms with van der Waals surface area (Å²) >= 11 is 1.48. The predicted octanol–water partition coefficient (Wildman–Crippen LogP) is 8.17. The molecular formula is C27H13F6IO. The molecule has 0 atom stereocenters. The van der Waals surface area contributed by atoms with E-state index in [0.717, 1.165) is 29.8 Å². The molecule has 0 saturated heterocycles. The first-order chi connectivity index (χ1) is 16.6. The molecular weight excluding hydrogens is 581 g/mol. The van der Waals surface area contributed by atoms with Gasteiger partial charge in [0.1, 0.15) is 34.6 Å². The maximum atomic E-state index is 14.7. The Morgan fingerprint density at radius 2 is 1.43 bits per heavy atom. The molecule has 4 aromatic rings. The van der Waals surface area contributed by atoms with Gasteiger partial charge in [0.2, 0.25) is 0 Å². The fourth-order valence-electron chi connectivity index (χ4n) is 3.32. The van der Waals surface area contributed by atoms with Crippen LogP contribution in [0.2, 0.25) is 0 Å². The van der Waals surface area contributed by atoms with E-state index in [1.807, 2.05) is 0 Å². The highest BCUT2D eigenvalue weighted by molar-refractivity contribution is 14.1. The van der Waals surface area contributed by atoms with Gasteiger partial charge >= 0.3 is 6.11 Å². The average molecular weight is 594 g/mol. The second-order valence-electron chi connectivity index (χ2n) is 7.38. The van der Waals surface area contributed by atoms with Gasteiger partial charge < -0.3 is 4.74 Å². The van der Waals surface area contributed by atoms with E-state index in [1.54, 1.807) is 30.3 Å². The first-order valence-electron chi connectivity index (χ1n) is 9.97. The van der Waals surface area contributed by atoms with Crippen LogP contribution in [0.1, 0.15) is 22.3 Å². The van der Waals surface area contributed by atoms with Gasteiger partial charge in [-0.2, -0.15) is 8.78 Å². The van der Waals surface area contributed by atoms with Crippen molar-refractivity contribution in [1.82, 2.24) is 0 Å². The van der Waals surface area contributed by atoms with Gasteiger partial charge in [0.15, 0.2) is 0 Å². The molecule has 0 fully saturated rings. The first-order valence-corrected chi connectivity index (χ1v) is 11.0. The molecule has 0 saturated carbocycles. The Balaban J connectivity index is 1.63. The van der Waals surface area contributed by atoms with E-state index in [1.165, 1.54) is 22.6 Å². The third-order valence-corrected chi connectivity index (χ3v) is 6.01.